The van der Waals surface area contributed by atoms with Crippen molar-refractivity contribution in [2.75, 3.05) is 46.2 Å². The summed E-state index contributed by atoms with van der Waals surface area (Å²) in [4.78, 5) is 18.4. The number of phenolic OH excluding ortho intramolecular Hbond substituents is 1. The van der Waals surface area contributed by atoms with Crippen molar-refractivity contribution in [1.29, 1.82) is 0 Å². The zero-order chi connectivity index (χ0) is 64.9. The van der Waals surface area contributed by atoms with Gasteiger partial charge in [0, 0.05) is 5.39 Å². The summed E-state index contributed by atoms with van der Waals surface area (Å²) < 4.78 is 81.3. The number of hydrogen-bond acceptors (Lipinski definition) is 37. The van der Waals surface area contributed by atoms with E-state index in [0.717, 1.165) is 0 Å². The Morgan fingerprint density at radius 2 is 0.589 bits per heavy atom. The molecule has 1 amide bonds. The smallest absolute Gasteiger partial charge is 0.270 e. The molecule has 22 N–H and O–H groups in total. The van der Waals surface area contributed by atoms with Crippen molar-refractivity contribution < 1.29 is 178 Å². The summed E-state index contributed by atoms with van der Waals surface area (Å²) in [6.45, 7) is -7.62. The number of hydrogen-bond donors (Lipinski definition) is 22. The highest BCUT2D eigenvalue weighted by atomic mass is 16.8. The van der Waals surface area contributed by atoms with Crippen LogP contribution in [0.4, 0.5) is 0 Å². The molecule has 23 rings (SSSR count). The number of carbonyl (C=O) groups is 1. The normalized spacial score (nSPS) is 49.0. The second kappa shape index (κ2) is 29.3. The summed E-state index contributed by atoms with van der Waals surface area (Å²) in [5, 5.41) is 238. The van der Waals surface area contributed by atoms with Crippen LogP contribution in [0.25, 0.3) is 10.9 Å². The number of para-hydroxylation sites is 1. The first-order valence-electron chi connectivity index (χ1n) is 28.7. The Morgan fingerprint density at radius 3 is 0.867 bits per heavy atom. The summed E-state index contributed by atoms with van der Waals surface area (Å²) in [6, 6.07) is 5.07. The minimum Gasteiger partial charge on any atom is -0.506 e. The zero-order valence-electron chi connectivity index (χ0n) is 47.0. The fourth-order valence-electron chi connectivity index (χ4n) is 12.1. The lowest BCUT2D eigenvalue weighted by atomic mass is 9.93. The summed E-state index contributed by atoms with van der Waals surface area (Å²) in [7, 11) is 0. The number of amides is 1. The maximum atomic E-state index is 14.2. The molecule has 510 valence electrons. The number of aromatic nitrogens is 1. The molecule has 0 aliphatic carbocycles. The van der Waals surface area contributed by atoms with E-state index in [4.69, 9.17) is 66.3 Å². The number of fused-ring (bicyclic) bond motifs is 1. The highest BCUT2D eigenvalue weighted by molar-refractivity contribution is 5.96. The van der Waals surface area contributed by atoms with Crippen molar-refractivity contribution >= 4 is 16.8 Å². The van der Waals surface area contributed by atoms with Gasteiger partial charge in [0.15, 0.2) is 44.0 Å². The van der Waals surface area contributed by atoms with Gasteiger partial charge in [0.05, 0.1) is 52.3 Å². The number of nitrogens with one attached hydrogen (secondary N) is 1. The monoisotopic (exact) mass is 1300 g/mol. The molecule has 1 aromatic heterocycles. The van der Waals surface area contributed by atoms with Crippen LogP contribution in [0, 0.1) is 0 Å². The molecule has 0 saturated carbocycles. The Bertz CT molecular complexity index is 2640. The SMILES string of the molecule is O=C(N[C@@H]1[C@@H](O)[C@H]2O[C@H]3[C@H](O)[C@@H](O)[C@@H](O[C@H]4[C@H](O)[C@@H](O)[C@@H](O[C@H]5[C@H](O)[C@@H](O)[C@@H](O[C@H]6[C@H](O)[C@@H](O)[C@@H](O[C@H]7[C@H](O)[C@@H](O)[C@@H](O[C@H]8[C@H](O)C(O)[C@@H](O[C@@H]1[C@@H](CO)O2)O[C@@H]8CO)O[C@@H]7CO)O[C@@H]6CO)O[C@@H]5CO)O[C@@H]4CO)O[C@@H]3CO)c1ccc2cccc(O)c2n1. The van der Waals surface area contributed by atoms with Gasteiger partial charge < -0.3 is 179 Å². The fraction of sp³-hybridized carbons (Fsp3) is 0.808. The van der Waals surface area contributed by atoms with Crippen molar-refractivity contribution in [3.05, 3.63) is 36.0 Å². The summed E-state index contributed by atoms with van der Waals surface area (Å²) >= 11 is 0. The molecule has 14 bridgehead atoms. The van der Waals surface area contributed by atoms with Gasteiger partial charge in [-0.3, -0.25) is 4.79 Å². The lowest BCUT2D eigenvalue weighted by Gasteiger charge is -2.50. The summed E-state index contributed by atoms with van der Waals surface area (Å²) in [5.74, 6) is -1.45. The van der Waals surface area contributed by atoms with Crippen LogP contribution < -0.4 is 5.32 Å². The number of aliphatic hydroxyl groups is 20. The molecule has 38 heteroatoms. The highest BCUT2D eigenvalue weighted by Crippen LogP contribution is 2.39. The third-order valence-corrected chi connectivity index (χ3v) is 17.0. The second-order valence-electron chi connectivity index (χ2n) is 22.7. The molecule has 90 heavy (non-hydrogen) atoms. The fourth-order valence-corrected chi connectivity index (χ4v) is 12.1. The van der Waals surface area contributed by atoms with Gasteiger partial charge in [-0.15, -0.1) is 0 Å². The van der Waals surface area contributed by atoms with Crippen molar-refractivity contribution in [3.63, 3.8) is 0 Å². The molecule has 21 saturated heterocycles. The molecular weight excluding hydrogens is 1230 g/mol. The first-order valence-corrected chi connectivity index (χ1v) is 28.7. The van der Waals surface area contributed by atoms with Crippen LogP contribution in [0.15, 0.2) is 30.3 Å². The Morgan fingerprint density at radius 1 is 0.333 bits per heavy atom. The first kappa shape index (κ1) is 69.4. The van der Waals surface area contributed by atoms with Gasteiger partial charge in [0.2, 0.25) is 0 Å². The Hall–Kier alpha value is -3.46. The Kier molecular flexibility index (Phi) is 22.6. The molecule has 0 spiro atoms. The number of ether oxygens (including phenoxy) is 14. The van der Waals surface area contributed by atoms with Gasteiger partial charge in [-0.1, -0.05) is 18.2 Å². The van der Waals surface area contributed by atoms with Crippen LogP contribution >= 0.6 is 0 Å². The minimum atomic E-state index is -2.30. The Balaban J connectivity index is 0.971. The molecule has 2 aromatic rings. The van der Waals surface area contributed by atoms with E-state index in [9.17, 15) is 112 Å². The average Bonchev–Trinajstić information content (AvgIpc) is 0.796. The maximum Gasteiger partial charge on any atom is 0.270 e. The average molecular weight is 1310 g/mol. The van der Waals surface area contributed by atoms with Gasteiger partial charge >= 0.3 is 0 Å². The van der Waals surface area contributed by atoms with E-state index in [-0.39, 0.29) is 11.3 Å². The topological polar surface area (TPSA) is 596 Å². The van der Waals surface area contributed by atoms with E-state index in [2.05, 4.69) is 10.3 Å². The first-order chi connectivity index (χ1) is 43.0. The summed E-state index contributed by atoms with van der Waals surface area (Å²) in [5.41, 5.74) is -0.439. The maximum absolute atomic E-state index is 14.2. The molecule has 0 radical (unpaired) electrons. The largest absolute Gasteiger partial charge is 0.506 e. The van der Waals surface area contributed by atoms with E-state index in [1.807, 2.05) is 0 Å². The highest BCUT2D eigenvalue weighted by Gasteiger charge is 2.60. The Labute approximate surface area is 507 Å². The zero-order valence-corrected chi connectivity index (χ0v) is 47.0. The molecule has 35 atom stereocenters. The van der Waals surface area contributed by atoms with Gasteiger partial charge in [-0.25, -0.2) is 4.98 Å². The predicted octanol–water partition coefficient (Wildman–Crippen LogP) is -13.5. The van der Waals surface area contributed by atoms with Crippen molar-refractivity contribution in [1.82, 2.24) is 10.3 Å². The predicted molar refractivity (Wildman–Crippen MR) is 277 cm³/mol. The molecule has 21 fully saturated rings. The van der Waals surface area contributed by atoms with Crippen LogP contribution in [-0.4, -0.2) is 379 Å². The van der Waals surface area contributed by atoms with E-state index in [0.29, 0.717) is 5.39 Å². The lowest BCUT2D eigenvalue weighted by Crippen LogP contribution is -2.70. The molecule has 1 unspecified atom stereocenters. The third kappa shape index (κ3) is 13.4. The van der Waals surface area contributed by atoms with E-state index >= 15 is 0 Å². The van der Waals surface area contributed by atoms with E-state index < -0.39 is 273 Å². The second-order valence-corrected chi connectivity index (χ2v) is 22.7. The number of rotatable bonds is 9. The standard InChI is InChI=1S/C52H76N2O36/c55-6-16-38-24(54-45(76)14-5-4-13-2-1-3-15(62)23(13)53-14)25(63)46(77-16)85-39-17(7-56)79-48(33(71)27(39)65)87-41-19(9-58)81-50(35(73)29(41)67)89-43-21(11-60)83-52(37(75)31(43)69)90-44-22(12-61)82-51(36(74)30(44)68)88-42-20(10-59)80-49(34(72)28(42)66)86-40-18(8-57)78-47(84-38)32(70)26(40)64/h1-5,16-22,24-44,46-52,55-75H,6-12H2,(H,54,76)/t16-,17-,18-,19-,20-,21-,22-,24-,25-,26-,27-,28-,29-,30-,31-,32?,33-,34-,35-,36-,37-,38-,39-,40-,41-,42-,43-,44-,46-,47-,48-,49-,50-,51-,52-/m1/s1. The van der Waals surface area contributed by atoms with Crippen molar-refractivity contribution in [3.8, 4) is 5.75 Å². The van der Waals surface area contributed by atoms with Crippen LogP contribution in [0.3, 0.4) is 0 Å². The van der Waals surface area contributed by atoms with Crippen molar-refractivity contribution in [2.24, 2.45) is 0 Å². The molecule has 22 heterocycles. The molecule has 38 nitrogen and oxygen atoms in total. The molecule has 21 aliphatic rings. The van der Waals surface area contributed by atoms with Crippen LogP contribution in [-0.2, 0) is 66.3 Å². The van der Waals surface area contributed by atoms with Crippen LogP contribution in [0.2, 0.25) is 0 Å². The summed E-state index contributed by atoms with van der Waals surface area (Å²) in [6.07, 6.45) is -69.9. The number of aromatic hydroxyl groups is 1. The van der Waals surface area contributed by atoms with Gasteiger partial charge in [0.25, 0.3) is 5.91 Å². The van der Waals surface area contributed by atoms with E-state index in [1.165, 1.54) is 24.3 Å². The number of aliphatic hydroxyl groups excluding tert-OH is 20. The number of benzene rings is 1. The minimum absolute atomic E-state index is 0.0444. The molecule has 1 aromatic carbocycles. The quantitative estimate of drug-likeness (QED) is 0.111. The third-order valence-electron chi connectivity index (χ3n) is 17.0. The molecular formula is C52H76N2O36. The number of pyridine rings is 1. The van der Waals surface area contributed by atoms with E-state index in [1.54, 1.807) is 6.07 Å². The molecule has 21 aliphatic heterocycles. The van der Waals surface area contributed by atoms with Crippen LogP contribution in [0.5, 0.6) is 5.75 Å². The van der Waals surface area contributed by atoms with Gasteiger partial charge in [0.1, 0.15) is 182 Å². The number of phenols is 1. The number of nitrogens with zero attached hydrogens (tertiary/aromatic N) is 1. The van der Waals surface area contributed by atoms with Crippen molar-refractivity contribution in [2.45, 2.75) is 215 Å². The van der Waals surface area contributed by atoms with Crippen LogP contribution in [0.1, 0.15) is 10.5 Å². The van der Waals surface area contributed by atoms with Gasteiger partial charge in [-0.2, -0.15) is 0 Å². The van der Waals surface area contributed by atoms with Gasteiger partial charge in [-0.05, 0) is 12.1 Å². The number of carbonyl (C=O) groups excluding carboxylic acids is 1. The lowest BCUT2D eigenvalue weighted by molar-refractivity contribution is -0.396.